The number of nitrogens with zero attached hydrogens (tertiary/aromatic N) is 4. The molecule has 2 aromatic rings. The topological polar surface area (TPSA) is 90.1 Å². The molecule has 7 nitrogen and oxygen atoms in total. The van der Waals surface area contributed by atoms with Gasteiger partial charge in [0, 0.05) is 4.47 Å². The Labute approximate surface area is 122 Å². The first-order chi connectivity index (χ1) is 9.65. The molecule has 1 aromatic heterocycles. The molecular weight excluding hydrogens is 328 g/mol. The van der Waals surface area contributed by atoms with Crippen molar-refractivity contribution >= 4 is 21.9 Å². The molecule has 8 heteroatoms. The molecule has 1 N–H and O–H groups in total. The number of rotatable bonds is 5. The van der Waals surface area contributed by atoms with Gasteiger partial charge < -0.3 is 9.84 Å². The number of ether oxygens (including phenoxy) is 1. The Kier molecular flexibility index (Phi) is 3.39. The molecule has 3 rings (SSSR count). The Morgan fingerprint density at radius 2 is 2.30 bits per heavy atom. The number of halogens is 1. The minimum absolute atomic E-state index is 0.110. The van der Waals surface area contributed by atoms with Crippen molar-refractivity contribution in [3.63, 3.8) is 0 Å². The molecule has 1 heterocycles. The maximum Gasteiger partial charge on any atom is 0.339 e. The Morgan fingerprint density at radius 1 is 1.50 bits per heavy atom. The van der Waals surface area contributed by atoms with E-state index in [0.29, 0.717) is 11.9 Å². The average Bonchev–Trinajstić information content (AvgIpc) is 3.15. The zero-order chi connectivity index (χ0) is 14.1. The Balaban J connectivity index is 1.79. The number of carbonyl (C=O) groups is 1. The highest BCUT2D eigenvalue weighted by molar-refractivity contribution is 9.10. The summed E-state index contributed by atoms with van der Waals surface area (Å²) in [5.74, 6) is -0.143. The molecule has 0 spiro atoms. The third-order valence-corrected chi connectivity index (χ3v) is 3.48. The number of aromatic nitrogens is 4. The summed E-state index contributed by atoms with van der Waals surface area (Å²) < 4.78 is 8.05. The minimum Gasteiger partial charge on any atom is -0.485 e. The van der Waals surface area contributed by atoms with Crippen molar-refractivity contribution in [2.75, 3.05) is 0 Å². The monoisotopic (exact) mass is 338 g/mol. The van der Waals surface area contributed by atoms with Crippen molar-refractivity contribution in [2.45, 2.75) is 25.5 Å². The third-order valence-electron chi connectivity index (χ3n) is 2.98. The summed E-state index contributed by atoms with van der Waals surface area (Å²) in [6.45, 7) is 0.139. The molecule has 1 aliphatic carbocycles. The van der Waals surface area contributed by atoms with Crippen LogP contribution in [-0.2, 0) is 6.61 Å². The summed E-state index contributed by atoms with van der Waals surface area (Å²) >= 11 is 3.29. The maximum absolute atomic E-state index is 11.1. The predicted octanol–water partition coefficient (Wildman–Crippen LogP) is 2.05. The fourth-order valence-electron chi connectivity index (χ4n) is 1.84. The molecule has 0 saturated heterocycles. The van der Waals surface area contributed by atoms with Gasteiger partial charge in [-0.15, -0.1) is 5.10 Å². The smallest absolute Gasteiger partial charge is 0.339 e. The van der Waals surface area contributed by atoms with Gasteiger partial charge in [0.05, 0.1) is 6.04 Å². The van der Waals surface area contributed by atoms with Crippen LogP contribution in [0, 0.1) is 0 Å². The van der Waals surface area contributed by atoms with E-state index < -0.39 is 5.97 Å². The van der Waals surface area contributed by atoms with Gasteiger partial charge in [-0.25, -0.2) is 9.48 Å². The highest BCUT2D eigenvalue weighted by Gasteiger charge is 2.28. The highest BCUT2D eigenvalue weighted by atomic mass is 79.9. The first-order valence-electron chi connectivity index (χ1n) is 6.07. The summed E-state index contributed by atoms with van der Waals surface area (Å²) in [4.78, 5) is 11.1. The number of benzene rings is 1. The molecule has 1 fully saturated rings. The van der Waals surface area contributed by atoms with Crippen molar-refractivity contribution in [1.29, 1.82) is 0 Å². The van der Waals surface area contributed by atoms with Crippen LogP contribution >= 0.6 is 15.9 Å². The number of hydrogen-bond donors (Lipinski definition) is 1. The number of aromatic carboxylic acids is 1. The van der Waals surface area contributed by atoms with E-state index in [1.54, 1.807) is 16.8 Å². The Hall–Kier alpha value is -1.96. The molecule has 0 amide bonds. The molecule has 1 aliphatic rings. The summed E-state index contributed by atoms with van der Waals surface area (Å²) in [5.41, 5.74) is 0.110. The van der Waals surface area contributed by atoms with Crippen LogP contribution in [0.25, 0.3) is 0 Å². The van der Waals surface area contributed by atoms with E-state index in [0.717, 1.165) is 17.3 Å². The molecule has 1 saturated carbocycles. The van der Waals surface area contributed by atoms with E-state index in [4.69, 9.17) is 9.84 Å². The molecular formula is C12H11BrN4O3. The second-order valence-electron chi connectivity index (χ2n) is 4.51. The molecule has 104 valence electrons. The number of carboxylic acid groups (broad SMARTS) is 1. The zero-order valence-corrected chi connectivity index (χ0v) is 11.9. The summed E-state index contributed by atoms with van der Waals surface area (Å²) in [6, 6.07) is 5.12. The van der Waals surface area contributed by atoms with Gasteiger partial charge in [0.25, 0.3) is 0 Å². The predicted molar refractivity (Wildman–Crippen MR) is 71.5 cm³/mol. The minimum atomic E-state index is -1.03. The average molecular weight is 339 g/mol. The molecule has 0 aliphatic heterocycles. The largest absolute Gasteiger partial charge is 0.485 e. The van der Waals surface area contributed by atoms with Crippen molar-refractivity contribution in [3.05, 3.63) is 34.1 Å². The fourth-order valence-corrected chi connectivity index (χ4v) is 2.18. The van der Waals surface area contributed by atoms with Crippen LogP contribution in [-0.4, -0.2) is 31.3 Å². The van der Waals surface area contributed by atoms with E-state index in [1.165, 1.54) is 6.07 Å². The highest BCUT2D eigenvalue weighted by Crippen LogP contribution is 2.34. The van der Waals surface area contributed by atoms with Gasteiger partial charge in [-0.2, -0.15) is 0 Å². The second-order valence-corrected chi connectivity index (χ2v) is 5.42. The molecule has 0 atom stereocenters. The normalized spacial score (nSPS) is 14.2. The third kappa shape index (κ3) is 2.64. The van der Waals surface area contributed by atoms with E-state index in [-0.39, 0.29) is 17.9 Å². The standard InChI is InChI=1S/C12H11BrN4O3/c13-7-1-4-9(12(18)19)10(5-7)20-6-11-14-15-16-17(11)8-2-3-8/h1,4-5,8H,2-3,6H2,(H,18,19). The number of hydrogen-bond acceptors (Lipinski definition) is 5. The van der Waals surface area contributed by atoms with E-state index >= 15 is 0 Å². The second kappa shape index (κ2) is 5.20. The zero-order valence-electron chi connectivity index (χ0n) is 10.4. The van der Waals surface area contributed by atoms with E-state index in [2.05, 4.69) is 31.5 Å². The van der Waals surface area contributed by atoms with Crippen LogP contribution < -0.4 is 4.74 Å². The van der Waals surface area contributed by atoms with Crippen molar-refractivity contribution in [3.8, 4) is 5.75 Å². The van der Waals surface area contributed by atoms with Crippen molar-refractivity contribution in [2.24, 2.45) is 0 Å². The lowest BCUT2D eigenvalue weighted by Crippen LogP contribution is -2.09. The summed E-state index contributed by atoms with van der Waals surface area (Å²) in [5, 5.41) is 20.6. The fraction of sp³-hybridized carbons (Fsp3) is 0.333. The maximum atomic E-state index is 11.1. The quantitative estimate of drug-likeness (QED) is 0.897. The van der Waals surface area contributed by atoms with Crippen molar-refractivity contribution in [1.82, 2.24) is 20.2 Å². The first kappa shape index (κ1) is 13.0. The number of carboxylic acids is 1. The molecule has 0 bridgehead atoms. The summed E-state index contributed by atoms with van der Waals surface area (Å²) in [7, 11) is 0. The summed E-state index contributed by atoms with van der Waals surface area (Å²) in [6.07, 6.45) is 2.13. The van der Waals surface area contributed by atoms with Gasteiger partial charge >= 0.3 is 5.97 Å². The van der Waals surface area contributed by atoms with Gasteiger partial charge in [0.1, 0.15) is 17.9 Å². The molecule has 0 unspecified atom stereocenters. The van der Waals surface area contributed by atoms with Gasteiger partial charge in [0.15, 0.2) is 5.82 Å². The van der Waals surface area contributed by atoms with E-state index in [1.807, 2.05) is 0 Å². The van der Waals surface area contributed by atoms with Crippen LogP contribution in [0.15, 0.2) is 22.7 Å². The van der Waals surface area contributed by atoms with E-state index in [9.17, 15) is 4.79 Å². The van der Waals surface area contributed by atoms with Crippen LogP contribution in [0.5, 0.6) is 5.75 Å². The van der Waals surface area contributed by atoms with Crippen LogP contribution in [0.2, 0.25) is 0 Å². The van der Waals surface area contributed by atoms with Gasteiger partial charge in [-0.05, 0) is 41.5 Å². The van der Waals surface area contributed by atoms with Crippen LogP contribution in [0.3, 0.4) is 0 Å². The van der Waals surface area contributed by atoms with Gasteiger partial charge in [-0.1, -0.05) is 15.9 Å². The Morgan fingerprint density at radius 3 is 3.00 bits per heavy atom. The molecule has 1 aromatic carbocycles. The van der Waals surface area contributed by atoms with Crippen LogP contribution in [0.4, 0.5) is 0 Å². The van der Waals surface area contributed by atoms with Gasteiger partial charge in [-0.3, -0.25) is 0 Å². The Bertz CT molecular complexity index is 654. The molecule has 20 heavy (non-hydrogen) atoms. The van der Waals surface area contributed by atoms with Crippen LogP contribution in [0.1, 0.15) is 35.1 Å². The lowest BCUT2D eigenvalue weighted by atomic mass is 10.2. The lowest BCUT2D eigenvalue weighted by Gasteiger charge is -2.09. The lowest BCUT2D eigenvalue weighted by molar-refractivity contribution is 0.0691. The van der Waals surface area contributed by atoms with Gasteiger partial charge in [0.2, 0.25) is 0 Å². The SMILES string of the molecule is O=C(O)c1ccc(Br)cc1OCc1nnnn1C1CC1. The first-order valence-corrected chi connectivity index (χ1v) is 6.87. The molecule has 0 radical (unpaired) electrons. The number of tetrazole rings is 1. The van der Waals surface area contributed by atoms with Crippen molar-refractivity contribution < 1.29 is 14.6 Å².